The highest BCUT2D eigenvalue weighted by Gasteiger charge is 2.25. The van der Waals surface area contributed by atoms with E-state index in [1.807, 2.05) is 12.1 Å². The second-order valence-corrected chi connectivity index (χ2v) is 8.90. The lowest BCUT2D eigenvalue weighted by Crippen LogP contribution is -2.36. The Morgan fingerprint density at radius 1 is 1.09 bits per heavy atom. The molecule has 1 atom stereocenters. The van der Waals surface area contributed by atoms with Gasteiger partial charge in [-0.2, -0.15) is 0 Å². The number of primary amides is 1. The Balaban J connectivity index is 1.48. The van der Waals surface area contributed by atoms with Gasteiger partial charge in [-0.05, 0) is 81.2 Å². The zero-order valence-electron chi connectivity index (χ0n) is 19.1. The number of hydrogen-bond donors (Lipinski definition) is 3. The summed E-state index contributed by atoms with van der Waals surface area (Å²) in [5.41, 5.74) is 8.15. The van der Waals surface area contributed by atoms with Gasteiger partial charge in [0.15, 0.2) is 0 Å². The highest BCUT2D eigenvalue weighted by molar-refractivity contribution is 5.98. The molecule has 8 nitrogen and oxygen atoms in total. The minimum absolute atomic E-state index is 0.0386. The number of carbonyl (C=O) groups is 2. The molecule has 0 aliphatic carbocycles. The maximum atomic E-state index is 12.0. The zero-order valence-corrected chi connectivity index (χ0v) is 19.1. The van der Waals surface area contributed by atoms with Gasteiger partial charge >= 0.3 is 0 Å². The topological polar surface area (TPSA) is 104 Å². The Labute approximate surface area is 194 Å². The molecule has 8 heteroatoms. The van der Waals surface area contributed by atoms with Crippen LogP contribution in [0.15, 0.2) is 49.1 Å². The van der Waals surface area contributed by atoms with Gasteiger partial charge in [0, 0.05) is 24.8 Å². The number of amides is 2. The lowest BCUT2D eigenvalue weighted by molar-refractivity contribution is -0.117. The third-order valence-corrected chi connectivity index (χ3v) is 6.55. The van der Waals surface area contributed by atoms with Gasteiger partial charge in [-0.3, -0.25) is 9.59 Å². The highest BCUT2D eigenvalue weighted by atomic mass is 16.1. The van der Waals surface area contributed by atoms with Gasteiger partial charge < -0.3 is 26.2 Å². The maximum absolute atomic E-state index is 12.0. The minimum Gasteiger partial charge on any atom is -0.365 e. The third kappa shape index (κ3) is 5.51. The summed E-state index contributed by atoms with van der Waals surface area (Å²) in [7, 11) is 2.17. The van der Waals surface area contributed by atoms with Crippen molar-refractivity contribution in [2.45, 2.75) is 31.2 Å². The van der Waals surface area contributed by atoms with E-state index in [-0.39, 0.29) is 11.9 Å². The number of likely N-dealkylation sites (tertiary alicyclic amines) is 1. The van der Waals surface area contributed by atoms with Crippen LogP contribution < -0.4 is 21.3 Å². The summed E-state index contributed by atoms with van der Waals surface area (Å²) in [5.74, 6) is 1.05. The molecule has 2 amide bonds. The van der Waals surface area contributed by atoms with Crippen molar-refractivity contribution < 1.29 is 9.59 Å². The molecular formula is C25H32N6O2. The van der Waals surface area contributed by atoms with E-state index in [2.05, 4.69) is 46.2 Å². The number of pyridine rings is 1. The smallest absolute Gasteiger partial charge is 0.252 e. The highest BCUT2D eigenvalue weighted by Crippen LogP contribution is 2.30. The molecule has 4 N–H and O–H groups in total. The Bertz CT molecular complexity index is 1010. The molecule has 2 aliphatic rings. The molecule has 2 aromatic rings. The average Bonchev–Trinajstić information content (AvgIpc) is 3.28. The summed E-state index contributed by atoms with van der Waals surface area (Å²) >= 11 is 0. The summed E-state index contributed by atoms with van der Waals surface area (Å²) in [4.78, 5) is 32.8. The lowest BCUT2D eigenvalue weighted by atomic mass is 9.89. The van der Waals surface area contributed by atoms with Crippen molar-refractivity contribution in [2.24, 2.45) is 5.73 Å². The van der Waals surface area contributed by atoms with E-state index >= 15 is 0 Å². The monoisotopic (exact) mass is 448 g/mol. The minimum atomic E-state index is -0.531. The van der Waals surface area contributed by atoms with Crippen molar-refractivity contribution in [1.29, 1.82) is 0 Å². The second-order valence-electron chi connectivity index (χ2n) is 8.90. The van der Waals surface area contributed by atoms with E-state index < -0.39 is 5.91 Å². The number of aromatic nitrogens is 1. The van der Waals surface area contributed by atoms with Gasteiger partial charge in [0.25, 0.3) is 5.91 Å². The first-order valence-electron chi connectivity index (χ1n) is 11.5. The van der Waals surface area contributed by atoms with E-state index in [0.29, 0.717) is 23.8 Å². The third-order valence-electron chi connectivity index (χ3n) is 6.55. The predicted octanol–water partition coefficient (Wildman–Crippen LogP) is 2.61. The fourth-order valence-electron chi connectivity index (χ4n) is 4.58. The first kappa shape index (κ1) is 22.8. The number of hydrogen-bond acceptors (Lipinski definition) is 6. The molecule has 174 valence electrons. The first-order valence-corrected chi connectivity index (χ1v) is 11.5. The van der Waals surface area contributed by atoms with Crippen LogP contribution in [0.4, 0.5) is 17.3 Å². The average molecular weight is 449 g/mol. The van der Waals surface area contributed by atoms with Crippen molar-refractivity contribution in [3.8, 4) is 0 Å². The molecular weight excluding hydrogens is 416 g/mol. The number of nitrogens with zero attached hydrogens (tertiary/aromatic N) is 3. The second kappa shape index (κ2) is 10.0. The maximum Gasteiger partial charge on any atom is 0.252 e. The van der Waals surface area contributed by atoms with Crippen molar-refractivity contribution >= 4 is 29.1 Å². The summed E-state index contributed by atoms with van der Waals surface area (Å²) in [6, 6.07) is 11.9. The van der Waals surface area contributed by atoms with E-state index in [0.717, 1.165) is 37.6 Å². The van der Waals surface area contributed by atoms with Crippen LogP contribution in [0.1, 0.15) is 41.1 Å². The van der Waals surface area contributed by atoms with Gasteiger partial charge in [0.2, 0.25) is 5.91 Å². The molecule has 2 saturated heterocycles. The van der Waals surface area contributed by atoms with E-state index in [4.69, 9.17) is 10.7 Å². The summed E-state index contributed by atoms with van der Waals surface area (Å²) in [6.45, 7) is 7.15. The molecule has 0 radical (unpaired) electrons. The molecule has 1 aromatic carbocycles. The van der Waals surface area contributed by atoms with E-state index in [1.165, 1.54) is 24.5 Å². The molecule has 0 saturated carbocycles. The van der Waals surface area contributed by atoms with Gasteiger partial charge in [-0.15, -0.1) is 0 Å². The quantitative estimate of drug-likeness (QED) is 0.563. The first-order chi connectivity index (χ1) is 15.9. The molecule has 0 unspecified atom stereocenters. The van der Waals surface area contributed by atoms with Gasteiger partial charge in [-0.1, -0.05) is 18.7 Å². The number of benzene rings is 1. The standard InChI is InChI=1S/C25H32N6O2/c1-3-23(32)27-20-12-15-31(16-20)22-9-8-21(24(26)33)25(29-22)28-19-6-4-17(5-7-19)18-10-13-30(2)14-11-18/h3-9,18,20H,1,10-16H2,2H3,(H2,26,33)(H,27,32)(H,28,29)/t20-/m0/s1. The number of rotatable bonds is 7. The molecule has 3 heterocycles. The summed E-state index contributed by atoms with van der Waals surface area (Å²) in [6.07, 6.45) is 4.44. The largest absolute Gasteiger partial charge is 0.365 e. The van der Waals surface area contributed by atoms with Crippen LogP contribution in [0.25, 0.3) is 0 Å². The number of nitrogens with one attached hydrogen (secondary N) is 2. The molecule has 2 aliphatic heterocycles. The predicted molar refractivity (Wildman–Crippen MR) is 131 cm³/mol. The Hall–Kier alpha value is -3.39. The fourth-order valence-corrected chi connectivity index (χ4v) is 4.58. The fraction of sp³-hybridized carbons (Fsp3) is 0.400. The van der Waals surface area contributed by atoms with Gasteiger partial charge in [0.1, 0.15) is 11.6 Å². The lowest BCUT2D eigenvalue weighted by Gasteiger charge is -2.29. The molecule has 4 rings (SSSR count). The van der Waals surface area contributed by atoms with Crippen LogP contribution in [0.3, 0.4) is 0 Å². The van der Waals surface area contributed by atoms with Crippen molar-refractivity contribution in [3.63, 3.8) is 0 Å². The molecule has 33 heavy (non-hydrogen) atoms. The number of nitrogens with two attached hydrogens (primary N) is 1. The van der Waals surface area contributed by atoms with Crippen LogP contribution in [-0.2, 0) is 4.79 Å². The normalized spacial score (nSPS) is 19.3. The number of anilines is 3. The Morgan fingerprint density at radius 3 is 2.48 bits per heavy atom. The van der Waals surface area contributed by atoms with E-state index in [9.17, 15) is 9.59 Å². The van der Waals surface area contributed by atoms with Gasteiger partial charge in [-0.25, -0.2) is 4.98 Å². The van der Waals surface area contributed by atoms with Crippen molar-refractivity contribution in [3.05, 3.63) is 60.2 Å². The zero-order chi connectivity index (χ0) is 23.4. The Morgan fingerprint density at radius 2 is 1.82 bits per heavy atom. The van der Waals surface area contributed by atoms with Crippen LogP contribution in [0.5, 0.6) is 0 Å². The molecule has 2 fully saturated rings. The van der Waals surface area contributed by atoms with Crippen LogP contribution in [0, 0.1) is 0 Å². The van der Waals surface area contributed by atoms with Crippen LogP contribution >= 0.6 is 0 Å². The van der Waals surface area contributed by atoms with E-state index in [1.54, 1.807) is 12.1 Å². The number of piperidine rings is 1. The molecule has 0 spiro atoms. The summed E-state index contributed by atoms with van der Waals surface area (Å²) < 4.78 is 0. The van der Waals surface area contributed by atoms with Crippen molar-refractivity contribution in [1.82, 2.24) is 15.2 Å². The summed E-state index contributed by atoms with van der Waals surface area (Å²) in [5, 5.41) is 6.21. The Kier molecular flexibility index (Phi) is 6.93. The van der Waals surface area contributed by atoms with Crippen LogP contribution in [0.2, 0.25) is 0 Å². The molecule has 1 aromatic heterocycles. The van der Waals surface area contributed by atoms with Gasteiger partial charge in [0.05, 0.1) is 5.56 Å². The SMILES string of the molecule is C=CC(=O)N[C@H]1CCN(c2ccc(C(N)=O)c(Nc3ccc(C4CCN(C)CC4)cc3)n2)C1. The molecule has 0 bridgehead atoms. The van der Waals surface area contributed by atoms with Crippen molar-refractivity contribution in [2.75, 3.05) is 43.4 Å². The number of carbonyl (C=O) groups excluding carboxylic acids is 2. The van der Waals surface area contributed by atoms with Crippen LogP contribution in [-0.4, -0.2) is 61.0 Å².